The maximum Gasteiger partial charge on any atom is 0.451 e. The van der Waals surface area contributed by atoms with E-state index in [-0.39, 0.29) is 25.1 Å². The zero-order chi connectivity index (χ0) is 8.48. The van der Waals surface area contributed by atoms with Gasteiger partial charge < -0.3 is 10.0 Å². The standard InChI is InChI=1S/C6H11BF2O2/c8-6(9)2-1-5(3-6)4-7(10)11/h5,10-11H,1-4H2. The summed E-state index contributed by atoms with van der Waals surface area (Å²) < 4.78 is 25.0. The summed E-state index contributed by atoms with van der Waals surface area (Å²) in [5.74, 6) is -2.79. The van der Waals surface area contributed by atoms with Gasteiger partial charge in [-0.25, -0.2) is 8.78 Å². The van der Waals surface area contributed by atoms with E-state index in [1.807, 2.05) is 0 Å². The Morgan fingerprint density at radius 3 is 2.45 bits per heavy atom. The largest absolute Gasteiger partial charge is 0.451 e. The van der Waals surface area contributed by atoms with Gasteiger partial charge in [-0.05, 0) is 18.7 Å². The number of halogens is 2. The molecule has 0 saturated heterocycles. The van der Waals surface area contributed by atoms with Gasteiger partial charge in [-0.2, -0.15) is 0 Å². The van der Waals surface area contributed by atoms with Crippen LogP contribution >= 0.6 is 0 Å². The van der Waals surface area contributed by atoms with Gasteiger partial charge in [0.25, 0.3) is 0 Å². The minimum absolute atomic E-state index is 0.0790. The highest BCUT2D eigenvalue weighted by molar-refractivity contribution is 6.41. The fourth-order valence-corrected chi connectivity index (χ4v) is 1.54. The molecule has 0 aromatic heterocycles. The van der Waals surface area contributed by atoms with Gasteiger partial charge in [-0.15, -0.1) is 0 Å². The summed E-state index contributed by atoms with van der Waals surface area (Å²) in [5, 5.41) is 17.0. The van der Waals surface area contributed by atoms with E-state index in [4.69, 9.17) is 10.0 Å². The molecule has 0 heterocycles. The smallest absolute Gasteiger partial charge is 0.427 e. The van der Waals surface area contributed by atoms with Gasteiger partial charge in [-0.1, -0.05) is 0 Å². The normalized spacial score (nSPS) is 28.9. The first kappa shape index (κ1) is 8.94. The molecule has 0 bridgehead atoms. The lowest BCUT2D eigenvalue weighted by Gasteiger charge is -2.08. The van der Waals surface area contributed by atoms with Crippen molar-refractivity contribution in [3.63, 3.8) is 0 Å². The molecule has 1 atom stereocenters. The zero-order valence-corrected chi connectivity index (χ0v) is 6.13. The molecule has 11 heavy (non-hydrogen) atoms. The molecule has 2 nitrogen and oxygen atoms in total. The van der Waals surface area contributed by atoms with Gasteiger partial charge >= 0.3 is 7.12 Å². The van der Waals surface area contributed by atoms with Crippen molar-refractivity contribution < 1.29 is 18.8 Å². The predicted molar refractivity (Wildman–Crippen MR) is 37.3 cm³/mol. The molecule has 1 fully saturated rings. The highest BCUT2D eigenvalue weighted by Crippen LogP contribution is 2.40. The van der Waals surface area contributed by atoms with Crippen molar-refractivity contribution in [3.8, 4) is 0 Å². The zero-order valence-electron chi connectivity index (χ0n) is 6.13. The number of hydrogen-bond donors (Lipinski definition) is 2. The van der Waals surface area contributed by atoms with Crippen LogP contribution in [0.3, 0.4) is 0 Å². The van der Waals surface area contributed by atoms with Gasteiger partial charge in [0.05, 0.1) is 0 Å². The number of hydrogen-bond acceptors (Lipinski definition) is 2. The van der Waals surface area contributed by atoms with Gasteiger partial charge in [0.2, 0.25) is 5.92 Å². The summed E-state index contributed by atoms with van der Waals surface area (Å²) in [4.78, 5) is 0. The van der Waals surface area contributed by atoms with Gasteiger partial charge in [-0.3, -0.25) is 0 Å². The van der Waals surface area contributed by atoms with Crippen molar-refractivity contribution in [2.45, 2.75) is 31.5 Å². The summed E-state index contributed by atoms with van der Waals surface area (Å²) in [6.07, 6.45) is 0.190. The SMILES string of the molecule is OB(O)CC1CCC(F)(F)C1. The number of alkyl halides is 2. The first-order valence-electron chi connectivity index (χ1n) is 3.73. The molecular formula is C6H11BF2O2. The van der Waals surface area contributed by atoms with Crippen molar-refractivity contribution in [1.29, 1.82) is 0 Å². The van der Waals surface area contributed by atoms with Crippen molar-refractivity contribution in [2.75, 3.05) is 0 Å². The van der Waals surface area contributed by atoms with E-state index >= 15 is 0 Å². The monoisotopic (exact) mass is 164 g/mol. The third-order valence-corrected chi connectivity index (χ3v) is 2.05. The molecule has 0 aromatic rings. The minimum atomic E-state index is -2.57. The highest BCUT2D eigenvalue weighted by Gasteiger charge is 2.40. The van der Waals surface area contributed by atoms with Crippen LogP contribution in [0.5, 0.6) is 0 Å². The second-order valence-corrected chi connectivity index (χ2v) is 3.18. The maximum atomic E-state index is 12.5. The average Bonchev–Trinajstić information content (AvgIpc) is 2.08. The molecule has 0 spiro atoms. The molecule has 0 aromatic carbocycles. The van der Waals surface area contributed by atoms with E-state index in [1.54, 1.807) is 0 Å². The Labute approximate surface area is 64.4 Å². The maximum absolute atomic E-state index is 12.5. The summed E-state index contributed by atoms with van der Waals surface area (Å²) in [6.45, 7) is 0. The lowest BCUT2D eigenvalue weighted by molar-refractivity contribution is 0.00563. The van der Waals surface area contributed by atoms with Gasteiger partial charge in [0.15, 0.2) is 0 Å². The Bertz CT molecular complexity index is 141. The van der Waals surface area contributed by atoms with Crippen molar-refractivity contribution in [3.05, 3.63) is 0 Å². The summed E-state index contributed by atoms with van der Waals surface area (Å²) >= 11 is 0. The first-order chi connectivity index (χ1) is 4.99. The van der Waals surface area contributed by atoms with E-state index in [9.17, 15) is 8.78 Å². The van der Waals surface area contributed by atoms with Gasteiger partial charge in [0, 0.05) is 12.8 Å². The fourth-order valence-electron chi connectivity index (χ4n) is 1.54. The second-order valence-electron chi connectivity index (χ2n) is 3.18. The lowest BCUT2D eigenvalue weighted by atomic mass is 9.78. The third kappa shape index (κ3) is 2.75. The number of rotatable bonds is 2. The fraction of sp³-hybridized carbons (Fsp3) is 1.00. The lowest BCUT2D eigenvalue weighted by Crippen LogP contribution is -2.16. The molecule has 0 amide bonds. The summed E-state index contributed by atoms with van der Waals surface area (Å²) in [5.41, 5.74) is 0. The molecule has 1 aliphatic rings. The Balaban J connectivity index is 2.31. The van der Waals surface area contributed by atoms with Crippen LogP contribution in [0.25, 0.3) is 0 Å². The van der Waals surface area contributed by atoms with Crippen molar-refractivity contribution in [2.24, 2.45) is 5.92 Å². The third-order valence-electron chi connectivity index (χ3n) is 2.05. The quantitative estimate of drug-likeness (QED) is 0.595. The molecular weight excluding hydrogens is 153 g/mol. The van der Waals surface area contributed by atoms with Crippen LogP contribution in [0.2, 0.25) is 6.32 Å². The molecule has 1 aliphatic carbocycles. The van der Waals surface area contributed by atoms with Crippen LogP contribution in [0, 0.1) is 5.92 Å². The molecule has 1 rings (SSSR count). The minimum Gasteiger partial charge on any atom is -0.427 e. The van der Waals surface area contributed by atoms with Crippen molar-refractivity contribution in [1.82, 2.24) is 0 Å². The molecule has 0 aliphatic heterocycles. The van der Waals surface area contributed by atoms with Crippen LogP contribution < -0.4 is 0 Å². The highest BCUT2D eigenvalue weighted by atomic mass is 19.3. The van der Waals surface area contributed by atoms with E-state index in [0.717, 1.165) is 0 Å². The summed E-state index contributed by atoms with van der Waals surface area (Å²) in [7, 11) is -1.44. The molecule has 2 N–H and O–H groups in total. The molecule has 1 unspecified atom stereocenters. The summed E-state index contributed by atoms with van der Waals surface area (Å²) in [6, 6.07) is 0. The van der Waals surface area contributed by atoms with Crippen LogP contribution in [-0.4, -0.2) is 23.1 Å². The van der Waals surface area contributed by atoms with E-state index in [1.165, 1.54) is 0 Å². The van der Waals surface area contributed by atoms with Crippen LogP contribution in [0.4, 0.5) is 8.78 Å². The molecule has 64 valence electrons. The van der Waals surface area contributed by atoms with E-state index < -0.39 is 13.0 Å². The topological polar surface area (TPSA) is 40.5 Å². The molecule has 5 heteroatoms. The Morgan fingerprint density at radius 1 is 1.45 bits per heavy atom. The first-order valence-corrected chi connectivity index (χ1v) is 3.73. The van der Waals surface area contributed by atoms with E-state index in [0.29, 0.717) is 6.42 Å². The van der Waals surface area contributed by atoms with Crippen LogP contribution in [0.1, 0.15) is 19.3 Å². The van der Waals surface area contributed by atoms with Gasteiger partial charge in [0.1, 0.15) is 0 Å². The average molecular weight is 164 g/mol. The Kier molecular flexibility index (Phi) is 2.49. The van der Waals surface area contributed by atoms with Crippen molar-refractivity contribution >= 4 is 7.12 Å². The second kappa shape index (κ2) is 3.07. The van der Waals surface area contributed by atoms with Crippen LogP contribution in [-0.2, 0) is 0 Å². The predicted octanol–water partition coefficient (Wildman–Crippen LogP) is 0.895. The molecule has 1 saturated carbocycles. The Hall–Kier alpha value is -0.155. The Morgan fingerprint density at radius 2 is 2.09 bits per heavy atom. The molecule has 0 radical (unpaired) electrons. The van der Waals surface area contributed by atoms with Crippen LogP contribution in [0.15, 0.2) is 0 Å². The van der Waals surface area contributed by atoms with E-state index in [2.05, 4.69) is 0 Å².